The summed E-state index contributed by atoms with van der Waals surface area (Å²) in [4.78, 5) is 7.96. The quantitative estimate of drug-likeness (QED) is 0.781. The molecule has 0 bridgehead atoms. The van der Waals surface area contributed by atoms with Crippen LogP contribution in [0.4, 0.5) is 4.39 Å². The third-order valence-corrected chi connectivity index (χ3v) is 2.65. The lowest BCUT2D eigenvalue weighted by Crippen LogP contribution is -1.94. The zero-order valence-electron chi connectivity index (χ0n) is 7.82. The molecule has 0 unspecified atom stereocenters. The maximum atomic E-state index is 13.8. The molecule has 0 saturated heterocycles. The van der Waals surface area contributed by atoms with Gasteiger partial charge in [0.2, 0.25) is 0 Å². The van der Waals surface area contributed by atoms with Crippen LogP contribution in [0.15, 0.2) is 36.8 Å². The second kappa shape index (κ2) is 4.49. The van der Waals surface area contributed by atoms with Gasteiger partial charge in [-0.25, -0.2) is 4.39 Å². The minimum atomic E-state index is -0.289. The lowest BCUT2D eigenvalue weighted by molar-refractivity contribution is 0.615. The van der Waals surface area contributed by atoms with Gasteiger partial charge in [-0.15, -0.1) is 0 Å². The molecule has 0 spiro atoms. The molecule has 0 aliphatic heterocycles. The zero-order chi connectivity index (χ0) is 10.7. The number of halogens is 2. The molecule has 2 nitrogen and oxygen atoms in total. The maximum Gasteiger partial charge on any atom is 0.153 e. The molecule has 0 N–H and O–H groups in total. The van der Waals surface area contributed by atoms with Gasteiger partial charge in [0, 0.05) is 35.0 Å². The van der Waals surface area contributed by atoms with Gasteiger partial charge in [0.25, 0.3) is 0 Å². The van der Waals surface area contributed by atoms with Crippen molar-refractivity contribution in [1.82, 2.24) is 9.97 Å². The first-order valence-electron chi connectivity index (χ1n) is 4.42. The molecular weight excluding hydrogens is 259 g/mol. The molecule has 0 atom stereocenters. The van der Waals surface area contributed by atoms with Gasteiger partial charge in [0.15, 0.2) is 5.82 Å². The average molecular weight is 267 g/mol. The summed E-state index contributed by atoms with van der Waals surface area (Å²) >= 11 is 3.23. The molecule has 76 valence electrons. The Morgan fingerprint density at radius 2 is 2.13 bits per heavy atom. The van der Waals surface area contributed by atoms with Crippen molar-refractivity contribution >= 4 is 15.9 Å². The van der Waals surface area contributed by atoms with Crippen molar-refractivity contribution in [1.29, 1.82) is 0 Å². The van der Waals surface area contributed by atoms with Crippen molar-refractivity contribution in [2.24, 2.45) is 0 Å². The standard InChI is InChI=1S/C11H8BrFN2/c12-6-8-3-5-15-11(10(8)13)9-2-1-4-14-7-9/h1-5,7H,6H2. The van der Waals surface area contributed by atoms with Crippen molar-refractivity contribution < 1.29 is 4.39 Å². The Labute approximate surface area is 95.3 Å². The van der Waals surface area contributed by atoms with E-state index in [1.54, 1.807) is 36.8 Å². The second-order valence-corrected chi connectivity index (χ2v) is 3.57. The Morgan fingerprint density at radius 1 is 1.27 bits per heavy atom. The number of rotatable bonds is 2. The van der Waals surface area contributed by atoms with E-state index in [0.717, 1.165) is 0 Å². The predicted molar refractivity (Wildman–Crippen MR) is 60.1 cm³/mol. The van der Waals surface area contributed by atoms with Crippen LogP contribution in [0, 0.1) is 5.82 Å². The van der Waals surface area contributed by atoms with Crippen molar-refractivity contribution in [2.45, 2.75) is 5.33 Å². The third kappa shape index (κ3) is 2.04. The molecule has 2 aromatic heterocycles. The van der Waals surface area contributed by atoms with Crippen LogP contribution >= 0.6 is 15.9 Å². The van der Waals surface area contributed by atoms with E-state index in [-0.39, 0.29) is 5.82 Å². The van der Waals surface area contributed by atoms with E-state index in [0.29, 0.717) is 22.2 Å². The van der Waals surface area contributed by atoms with Crippen molar-refractivity contribution in [2.75, 3.05) is 0 Å². The number of hydrogen-bond donors (Lipinski definition) is 0. The Balaban J connectivity index is 2.54. The molecule has 2 heterocycles. The molecular formula is C11H8BrFN2. The van der Waals surface area contributed by atoms with Crippen LogP contribution < -0.4 is 0 Å². The van der Waals surface area contributed by atoms with E-state index >= 15 is 0 Å². The van der Waals surface area contributed by atoms with Crippen molar-refractivity contribution in [3.63, 3.8) is 0 Å². The van der Waals surface area contributed by atoms with Crippen LogP contribution in [0.2, 0.25) is 0 Å². The van der Waals surface area contributed by atoms with Crippen LogP contribution in [0.1, 0.15) is 5.56 Å². The van der Waals surface area contributed by atoms with Crippen LogP contribution in [-0.2, 0) is 5.33 Å². The highest BCUT2D eigenvalue weighted by atomic mass is 79.9. The highest BCUT2D eigenvalue weighted by Gasteiger charge is 2.10. The fourth-order valence-electron chi connectivity index (χ4n) is 1.29. The number of pyridine rings is 2. The topological polar surface area (TPSA) is 25.8 Å². The highest BCUT2D eigenvalue weighted by Crippen LogP contribution is 2.22. The van der Waals surface area contributed by atoms with E-state index < -0.39 is 0 Å². The third-order valence-electron chi connectivity index (χ3n) is 2.05. The Hall–Kier alpha value is -1.29. The summed E-state index contributed by atoms with van der Waals surface area (Å²) in [5.41, 5.74) is 1.64. The molecule has 0 aliphatic rings. The predicted octanol–water partition coefficient (Wildman–Crippen LogP) is 3.18. The first-order chi connectivity index (χ1) is 7.33. The zero-order valence-corrected chi connectivity index (χ0v) is 9.41. The fourth-order valence-corrected chi connectivity index (χ4v) is 1.72. The van der Waals surface area contributed by atoms with E-state index in [1.165, 1.54) is 0 Å². The van der Waals surface area contributed by atoms with Gasteiger partial charge >= 0.3 is 0 Å². The Bertz CT molecular complexity index is 459. The smallest absolute Gasteiger partial charge is 0.153 e. The molecule has 2 aromatic rings. The van der Waals surface area contributed by atoms with Crippen LogP contribution in [0.3, 0.4) is 0 Å². The summed E-state index contributed by atoms with van der Waals surface area (Å²) in [6.45, 7) is 0. The average Bonchev–Trinajstić information content (AvgIpc) is 2.30. The monoisotopic (exact) mass is 266 g/mol. The molecule has 0 saturated carbocycles. The van der Waals surface area contributed by atoms with Gasteiger partial charge in [-0.1, -0.05) is 15.9 Å². The van der Waals surface area contributed by atoms with Gasteiger partial charge in [0.05, 0.1) is 0 Å². The summed E-state index contributed by atoms with van der Waals surface area (Å²) in [6, 6.07) is 5.21. The molecule has 2 rings (SSSR count). The van der Waals surface area contributed by atoms with Gasteiger partial charge in [-0.2, -0.15) is 0 Å². The van der Waals surface area contributed by atoms with Crippen molar-refractivity contribution in [3.05, 3.63) is 48.2 Å². The van der Waals surface area contributed by atoms with E-state index in [1.807, 2.05) is 0 Å². The summed E-state index contributed by atoms with van der Waals surface area (Å²) in [7, 11) is 0. The van der Waals surface area contributed by atoms with E-state index in [2.05, 4.69) is 25.9 Å². The van der Waals surface area contributed by atoms with Gasteiger partial charge in [-0.3, -0.25) is 9.97 Å². The van der Waals surface area contributed by atoms with Crippen LogP contribution in [0.5, 0.6) is 0 Å². The van der Waals surface area contributed by atoms with E-state index in [4.69, 9.17) is 0 Å². The van der Waals surface area contributed by atoms with Crippen LogP contribution in [0.25, 0.3) is 11.3 Å². The molecule has 0 fully saturated rings. The van der Waals surface area contributed by atoms with Crippen LogP contribution in [-0.4, -0.2) is 9.97 Å². The highest BCUT2D eigenvalue weighted by molar-refractivity contribution is 9.08. The number of nitrogens with zero attached hydrogens (tertiary/aromatic N) is 2. The van der Waals surface area contributed by atoms with E-state index in [9.17, 15) is 4.39 Å². The molecule has 15 heavy (non-hydrogen) atoms. The molecule has 4 heteroatoms. The fraction of sp³-hybridized carbons (Fsp3) is 0.0909. The number of hydrogen-bond acceptors (Lipinski definition) is 2. The minimum Gasteiger partial charge on any atom is -0.264 e. The summed E-state index contributed by atoms with van der Waals surface area (Å²) < 4.78 is 13.8. The lowest BCUT2D eigenvalue weighted by atomic mass is 10.1. The molecule has 0 aromatic carbocycles. The number of aromatic nitrogens is 2. The molecule has 0 amide bonds. The second-order valence-electron chi connectivity index (χ2n) is 3.01. The first-order valence-corrected chi connectivity index (χ1v) is 5.55. The molecule has 0 aliphatic carbocycles. The Morgan fingerprint density at radius 3 is 2.80 bits per heavy atom. The minimum absolute atomic E-state index is 0.289. The number of alkyl halides is 1. The van der Waals surface area contributed by atoms with Gasteiger partial charge in [-0.05, 0) is 18.2 Å². The Kier molecular flexibility index (Phi) is 3.06. The summed E-state index contributed by atoms with van der Waals surface area (Å²) in [5.74, 6) is -0.289. The normalized spacial score (nSPS) is 10.3. The van der Waals surface area contributed by atoms with Gasteiger partial charge in [0.1, 0.15) is 5.69 Å². The summed E-state index contributed by atoms with van der Waals surface area (Å²) in [5, 5.41) is 0.481. The van der Waals surface area contributed by atoms with Crippen molar-refractivity contribution in [3.8, 4) is 11.3 Å². The molecule has 0 radical (unpaired) electrons. The largest absolute Gasteiger partial charge is 0.264 e. The maximum absolute atomic E-state index is 13.8. The first kappa shape index (κ1) is 10.2. The SMILES string of the molecule is Fc1c(CBr)ccnc1-c1cccnc1. The lowest BCUT2D eigenvalue weighted by Gasteiger charge is -2.04. The van der Waals surface area contributed by atoms with Gasteiger partial charge < -0.3 is 0 Å². The summed E-state index contributed by atoms with van der Waals surface area (Å²) in [6.07, 6.45) is 4.85.